The van der Waals surface area contributed by atoms with Gasteiger partial charge in [0.15, 0.2) is 0 Å². The van der Waals surface area contributed by atoms with Crippen LogP contribution in [0.15, 0.2) is 18.3 Å². The maximum Gasteiger partial charge on any atom is 0.356 e. The number of imide groups is 1. The van der Waals surface area contributed by atoms with Gasteiger partial charge >= 0.3 is 5.97 Å². The van der Waals surface area contributed by atoms with Crippen LogP contribution in [0.25, 0.3) is 0 Å². The monoisotopic (exact) mass is 263 g/mol. The third kappa shape index (κ3) is 3.06. The number of hydrogen-bond acceptors (Lipinski definition) is 6. The van der Waals surface area contributed by atoms with Crippen molar-refractivity contribution in [3.8, 4) is 0 Å². The van der Waals surface area contributed by atoms with Gasteiger partial charge in [0, 0.05) is 18.3 Å². The Kier molecular flexibility index (Phi) is 3.74. The quantitative estimate of drug-likeness (QED) is 0.592. The van der Waals surface area contributed by atoms with Crippen molar-refractivity contribution >= 4 is 23.5 Å². The van der Waals surface area contributed by atoms with Gasteiger partial charge in [-0.3, -0.25) is 14.9 Å². The summed E-state index contributed by atoms with van der Waals surface area (Å²) in [6.07, 6.45) is 2.15. The molecule has 1 aliphatic rings. The highest BCUT2D eigenvalue weighted by atomic mass is 16.5. The molecule has 100 valence electrons. The number of anilines is 1. The number of carbonyl (C=O) groups is 3. The third-order valence-electron chi connectivity index (χ3n) is 2.73. The van der Waals surface area contributed by atoms with Crippen LogP contribution in [0.2, 0.25) is 0 Å². The fourth-order valence-corrected chi connectivity index (χ4v) is 1.77. The van der Waals surface area contributed by atoms with E-state index in [1.165, 1.54) is 19.4 Å². The van der Waals surface area contributed by atoms with Crippen molar-refractivity contribution < 1.29 is 19.1 Å². The fraction of sp³-hybridized carbons (Fsp3) is 0.333. The lowest BCUT2D eigenvalue weighted by Gasteiger charge is -2.22. The van der Waals surface area contributed by atoms with E-state index in [-0.39, 0.29) is 17.5 Å². The Morgan fingerprint density at radius 3 is 3.00 bits per heavy atom. The number of methoxy groups -OCH3 is 1. The van der Waals surface area contributed by atoms with Crippen molar-refractivity contribution in [2.24, 2.45) is 0 Å². The van der Waals surface area contributed by atoms with Gasteiger partial charge in [0.1, 0.15) is 11.7 Å². The first-order valence-electron chi connectivity index (χ1n) is 5.75. The van der Waals surface area contributed by atoms with Crippen LogP contribution < -0.4 is 10.6 Å². The maximum atomic E-state index is 11.6. The van der Waals surface area contributed by atoms with Gasteiger partial charge in [-0.2, -0.15) is 0 Å². The van der Waals surface area contributed by atoms with Crippen LogP contribution in [-0.2, 0) is 14.3 Å². The molecule has 0 aromatic carbocycles. The summed E-state index contributed by atoms with van der Waals surface area (Å²) in [7, 11) is 1.27. The van der Waals surface area contributed by atoms with Crippen molar-refractivity contribution in [2.75, 3.05) is 12.4 Å². The number of pyridine rings is 1. The van der Waals surface area contributed by atoms with E-state index >= 15 is 0 Å². The van der Waals surface area contributed by atoms with E-state index < -0.39 is 12.0 Å². The van der Waals surface area contributed by atoms with Crippen LogP contribution in [0, 0.1) is 0 Å². The summed E-state index contributed by atoms with van der Waals surface area (Å²) in [5, 5.41) is 5.21. The molecule has 0 spiro atoms. The Balaban J connectivity index is 2.09. The van der Waals surface area contributed by atoms with E-state index in [1.54, 1.807) is 6.07 Å². The van der Waals surface area contributed by atoms with E-state index in [0.29, 0.717) is 18.5 Å². The summed E-state index contributed by atoms with van der Waals surface area (Å²) in [4.78, 5) is 37.8. The molecule has 7 heteroatoms. The van der Waals surface area contributed by atoms with Crippen molar-refractivity contribution in [1.29, 1.82) is 0 Å². The normalized spacial score (nSPS) is 18.7. The van der Waals surface area contributed by atoms with Crippen molar-refractivity contribution in [3.63, 3.8) is 0 Å². The number of nitrogens with zero attached hydrogens (tertiary/aromatic N) is 1. The van der Waals surface area contributed by atoms with Crippen LogP contribution in [0.5, 0.6) is 0 Å². The highest BCUT2D eigenvalue weighted by molar-refractivity contribution is 6.01. The number of nitrogens with one attached hydrogen (secondary N) is 2. The van der Waals surface area contributed by atoms with Crippen LogP contribution in [-0.4, -0.2) is 35.9 Å². The second kappa shape index (κ2) is 5.47. The first-order valence-corrected chi connectivity index (χ1v) is 5.75. The highest BCUT2D eigenvalue weighted by Crippen LogP contribution is 2.14. The van der Waals surface area contributed by atoms with E-state index in [1.807, 2.05) is 0 Å². The molecule has 2 amide bonds. The molecule has 1 saturated heterocycles. The minimum absolute atomic E-state index is 0.153. The van der Waals surface area contributed by atoms with Gasteiger partial charge in [-0.05, 0) is 18.6 Å². The second-order valence-electron chi connectivity index (χ2n) is 4.07. The number of amides is 2. The molecule has 0 radical (unpaired) electrons. The molecule has 2 rings (SSSR count). The van der Waals surface area contributed by atoms with Gasteiger partial charge in [0.2, 0.25) is 11.8 Å². The van der Waals surface area contributed by atoms with Gasteiger partial charge in [0.05, 0.1) is 7.11 Å². The van der Waals surface area contributed by atoms with Crippen LogP contribution in [0.3, 0.4) is 0 Å². The average molecular weight is 263 g/mol. The predicted molar refractivity (Wildman–Crippen MR) is 65.4 cm³/mol. The van der Waals surface area contributed by atoms with Gasteiger partial charge in [-0.15, -0.1) is 0 Å². The summed E-state index contributed by atoms with van der Waals surface area (Å²) in [6, 6.07) is 2.64. The summed E-state index contributed by atoms with van der Waals surface area (Å²) in [5.41, 5.74) is 0.727. The van der Waals surface area contributed by atoms with Gasteiger partial charge < -0.3 is 10.1 Å². The molecule has 19 heavy (non-hydrogen) atoms. The SMILES string of the molecule is COC(=O)c1cc(NC2CCC(=O)NC2=O)ccn1. The number of aromatic nitrogens is 1. The molecule has 0 aliphatic carbocycles. The largest absolute Gasteiger partial charge is 0.464 e. The van der Waals surface area contributed by atoms with Crippen molar-refractivity contribution in [1.82, 2.24) is 10.3 Å². The molecular weight excluding hydrogens is 250 g/mol. The summed E-state index contributed by atoms with van der Waals surface area (Å²) >= 11 is 0. The van der Waals surface area contributed by atoms with Gasteiger partial charge in [-0.1, -0.05) is 0 Å². The topological polar surface area (TPSA) is 97.4 Å². The minimum atomic E-state index is -0.549. The number of piperidine rings is 1. The van der Waals surface area contributed by atoms with Crippen molar-refractivity contribution in [2.45, 2.75) is 18.9 Å². The lowest BCUT2D eigenvalue weighted by Crippen LogP contribution is -2.47. The van der Waals surface area contributed by atoms with Crippen LogP contribution in [0.4, 0.5) is 5.69 Å². The Labute approximate surface area is 109 Å². The fourth-order valence-electron chi connectivity index (χ4n) is 1.77. The van der Waals surface area contributed by atoms with Gasteiger partial charge in [-0.25, -0.2) is 9.78 Å². The molecule has 1 atom stereocenters. The van der Waals surface area contributed by atoms with Gasteiger partial charge in [0.25, 0.3) is 0 Å². The Morgan fingerprint density at radius 2 is 2.32 bits per heavy atom. The molecule has 1 aromatic heterocycles. The first-order chi connectivity index (χ1) is 9.10. The molecule has 1 aromatic rings. The number of rotatable bonds is 3. The summed E-state index contributed by atoms with van der Waals surface area (Å²) < 4.78 is 4.56. The molecule has 0 bridgehead atoms. The van der Waals surface area contributed by atoms with Crippen LogP contribution in [0.1, 0.15) is 23.3 Å². The molecular formula is C12H13N3O4. The number of hydrogen-bond donors (Lipinski definition) is 2. The lowest BCUT2D eigenvalue weighted by molar-refractivity contribution is -0.133. The molecule has 0 saturated carbocycles. The molecule has 2 N–H and O–H groups in total. The smallest absolute Gasteiger partial charge is 0.356 e. The molecule has 1 unspecified atom stereocenters. The molecule has 2 heterocycles. The first kappa shape index (κ1) is 13.0. The highest BCUT2D eigenvalue weighted by Gasteiger charge is 2.26. The number of ether oxygens (including phenoxy) is 1. The zero-order valence-corrected chi connectivity index (χ0v) is 10.3. The summed E-state index contributed by atoms with van der Waals surface area (Å²) in [6.45, 7) is 0. The molecule has 1 fully saturated rings. The Hall–Kier alpha value is -2.44. The minimum Gasteiger partial charge on any atom is -0.464 e. The molecule has 1 aliphatic heterocycles. The average Bonchev–Trinajstić information content (AvgIpc) is 2.41. The predicted octanol–water partition coefficient (Wildman–Crippen LogP) is 0.0853. The number of carbonyl (C=O) groups excluding carboxylic acids is 3. The summed E-state index contributed by atoms with van der Waals surface area (Å²) in [5.74, 6) is -1.19. The number of esters is 1. The van der Waals surface area contributed by atoms with E-state index in [4.69, 9.17) is 0 Å². The van der Waals surface area contributed by atoms with Crippen molar-refractivity contribution in [3.05, 3.63) is 24.0 Å². The van der Waals surface area contributed by atoms with E-state index in [0.717, 1.165) is 0 Å². The third-order valence-corrected chi connectivity index (χ3v) is 2.73. The molecule has 7 nitrogen and oxygen atoms in total. The maximum absolute atomic E-state index is 11.6. The van der Waals surface area contributed by atoms with Crippen LogP contribution >= 0.6 is 0 Å². The van der Waals surface area contributed by atoms with E-state index in [2.05, 4.69) is 20.4 Å². The second-order valence-corrected chi connectivity index (χ2v) is 4.07. The zero-order valence-electron chi connectivity index (χ0n) is 10.3. The Morgan fingerprint density at radius 1 is 1.53 bits per heavy atom. The Bertz CT molecular complexity index is 529. The van der Waals surface area contributed by atoms with E-state index in [9.17, 15) is 14.4 Å². The standard InChI is InChI=1S/C12H13N3O4/c1-19-12(18)9-6-7(4-5-13-9)14-8-2-3-10(16)15-11(8)17/h4-6,8H,2-3H2,1H3,(H,13,14)(H,15,16,17). The lowest BCUT2D eigenvalue weighted by atomic mass is 10.1. The zero-order chi connectivity index (χ0) is 13.8.